The maximum Gasteiger partial charge on any atom is 0.279 e. The lowest BCUT2D eigenvalue weighted by Gasteiger charge is -2.15. The molecule has 0 unspecified atom stereocenters. The molecular formula is C23H22N2O4. The van der Waals surface area contributed by atoms with E-state index in [-0.39, 0.29) is 0 Å². The first-order chi connectivity index (χ1) is 14.0. The van der Waals surface area contributed by atoms with Gasteiger partial charge in [-0.25, -0.2) is 0 Å². The number of hydrogen-bond donors (Lipinski definition) is 2. The molecule has 3 rings (SSSR count). The molecule has 3 aromatic carbocycles. The third-order valence-electron chi connectivity index (χ3n) is 4.23. The van der Waals surface area contributed by atoms with Crippen LogP contribution in [-0.4, -0.2) is 25.0 Å². The number of fused-ring (bicyclic) bond motifs is 1. The van der Waals surface area contributed by atoms with Gasteiger partial charge >= 0.3 is 0 Å². The minimum Gasteiger partial charge on any atom is -0.497 e. The summed E-state index contributed by atoms with van der Waals surface area (Å²) in [6.07, 6.45) is 2.17. The van der Waals surface area contributed by atoms with Crippen LogP contribution in [0.1, 0.15) is 12.5 Å². The van der Waals surface area contributed by atoms with Gasteiger partial charge in [0.2, 0.25) is 0 Å². The fraction of sp³-hybridized carbons (Fsp3) is 0.130. The number of carbonyl (C=O) groups is 2. The van der Waals surface area contributed by atoms with Gasteiger partial charge in [-0.1, -0.05) is 42.5 Å². The molecule has 6 heteroatoms. The monoisotopic (exact) mass is 390 g/mol. The van der Waals surface area contributed by atoms with Crippen molar-refractivity contribution < 1.29 is 19.1 Å². The molecule has 0 bridgehead atoms. The van der Waals surface area contributed by atoms with Crippen molar-refractivity contribution in [3.63, 3.8) is 0 Å². The van der Waals surface area contributed by atoms with Crippen molar-refractivity contribution in [3.8, 4) is 11.5 Å². The number of ether oxygens (including phenoxy) is 2. The van der Waals surface area contributed by atoms with Crippen molar-refractivity contribution in [1.29, 1.82) is 0 Å². The quantitative estimate of drug-likeness (QED) is 0.499. The Kier molecular flexibility index (Phi) is 6.47. The van der Waals surface area contributed by atoms with Gasteiger partial charge in [-0.15, -0.1) is 0 Å². The van der Waals surface area contributed by atoms with Crippen molar-refractivity contribution in [2.45, 2.75) is 13.0 Å². The Hall–Kier alpha value is -3.80. The minimum atomic E-state index is -0.779. The van der Waals surface area contributed by atoms with Crippen LogP contribution in [0.3, 0.4) is 0 Å². The zero-order valence-electron chi connectivity index (χ0n) is 16.2. The van der Waals surface area contributed by atoms with Crippen molar-refractivity contribution in [2.75, 3.05) is 7.11 Å². The molecule has 0 spiro atoms. The average molecular weight is 390 g/mol. The van der Waals surface area contributed by atoms with E-state index in [1.165, 1.54) is 6.08 Å². The molecule has 0 saturated heterocycles. The van der Waals surface area contributed by atoms with Gasteiger partial charge in [-0.2, -0.15) is 0 Å². The van der Waals surface area contributed by atoms with Gasteiger partial charge in [0.1, 0.15) is 11.5 Å². The van der Waals surface area contributed by atoms with Gasteiger partial charge in [-0.05, 0) is 53.6 Å². The van der Waals surface area contributed by atoms with Crippen LogP contribution >= 0.6 is 0 Å². The molecule has 0 aromatic heterocycles. The Morgan fingerprint density at radius 1 is 0.897 bits per heavy atom. The van der Waals surface area contributed by atoms with Crippen LogP contribution in [-0.2, 0) is 9.59 Å². The summed E-state index contributed by atoms with van der Waals surface area (Å²) in [6.45, 7) is 1.61. The zero-order valence-corrected chi connectivity index (χ0v) is 16.2. The van der Waals surface area contributed by atoms with Crippen LogP contribution < -0.4 is 20.3 Å². The molecule has 1 atom stereocenters. The standard InChI is InChI=1S/C23H22N2O4/c1-16(29-21-12-11-18-7-3-4-8-19(18)15-21)23(27)25-24-22(26)13-10-17-6-5-9-20(14-17)28-2/h3-16H,1-2H3,(H,24,26)(H,25,27)/b13-10+/t16-/m1/s1. The molecule has 2 N–H and O–H groups in total. The predicted molar refractivity (Wildman–Crippen MR) is 112 cm³/mol. The Morgan fingerprint density at radius 2 is 1.69 bits per heavy atom. The maximum atomic E-state index is 12.2. The minimum absolute atomic E-state index is 0.457. The highest BCUT2D eigenvalue weighted by Crippen LogP contribution is 2.21. The van der Waals surface area contributed by atoms with Gasteiger partial charge in [0.05, 0.1) is 7.11 Å². The van der Waals surface area contributed by atoms with Crippen LogP contribution in [0.4, 0.5) is 0 Å². The number of rotatable bonds is 6. The van der Waals surface area contributed by atoms with Crippen LogP contribution in [0.25, 0.3) is 16.8 Å². The summed E-state index contributed by atoms with van der Waals surface area (Å²) in [7, 11) is 1.58. The Bertz CT molecular complexity index is 1050. The number of nitrogens with one attached hydrogen (secondary N) is 2. The summed E-state index contributed by atoms with van der Waals surface area (Å²) in [4.78, 5) is 24.1. The lowest BCUT2D eigenvalue weighted by Crippen LogP contribution is -2.46. The number of amides is 2. The summed E-state index contributed by atoms with van der Waals surface area (Å²) in [5, 5.41) is 2.11. The van der Waals surface area contributed by atoms with Crippen LogP contribution in [0, 0.1) is 0 Å². The first-order valence-electron chi connectivity index (χ1n) is 9.12. The van der Waals surface area contributed by atoms with Crippen LogP contribution in [0.15, 0.2) is 72.8 Å². The Morgan fingerprint density at radius 3 is 2.48 bits per heavy atom. The molecule has 6 nitrogen and oxygen atoms in total. The van der Waals surface area contributed by atoms with Crippen molar-refractivity contribution >= 4 is 28.7 Å². The molecule has 0 aliphatic rings. The predicted octanol–water partition coefficient (Wildman–Crippen LogP) is 3.48. The molecule has 0 saturated carbocycles. The van der Waals surface area contributed by atoms with E-state index in [9.17, 15) is 9.59 Å². The van der Waals surface area contributed by atoms with Gasteiger partial charge in [0.15, 0.2) is 6.10 Å². The normalized spacial score (nSPS) is 11.8. The number of carbonyl (C=O) groups excluding carboxylic acids is 2. The van der Waals surface area contributed by atoms with E-state index in [2.05, 4.69) is 10.9 Å². The molecule has 0 fully saturated rings. The zero-order chi connectivity index (χ0) is 20.6. The maximum absolute atomic E-state index is 12.2. The highest BCUT2D eigenvalue weighted by molar-refractivity contribution is 5.93. The largest absolute Gasteiger partial charge is 0.497 e. The third-order valence-corrected chi connectivity index (χ3v) is 4.23. The van der Waals surface area contributed by atoms with Gasteiger partial charge in [0.25, 0.3) is 11.8 Å². The van der Waals surface area contributed by atoms with Crippen molar-refractivity contribution in [3.05, 3.63) is 78.4 Å². The molecule has 3 aromatic rings. The Balaban J connectivity index is 1.50. The summed E-state index contributed by atoms with van der Waals surface area (Å²) in [5.74, 6) is 0.358. The van der Waals surface area contributed by atoms with E-state index >= 15 is 0 Å². The fourth-order valence-electron chi connectivity index (χ4n) is 2.68. The highest BCUT2D eigenvalue weighted by Gasteiger charge is 2.15. The molecule has 0 aliphatic carbocycles. The molecule has 0 aliphatic heterocycles. The second-order valence-corrected chi connectivity index (χ2v) is 6.36. The fourth-order valence-corrected chi connectivity index (χ4v) is 2.68. The second-order valence-electron chi connectivity index (χ2n) is 6.36. The first-order valence-corrected chi connectivity index (χ1v) is 9.12. The molecule has 2 amide bonds. The van der Waals surface area contributed by atoms with E-state index in [0.29, 0.717) is 11.5 Å². The van der Waals surface area contributed by atoms with Gasteiger partial charge in [-0.3, -0.25) is 20.4 Å². The van der Waals surface area contributed by atoms with E-state index < -0.39 is 17.9 Å². The molecule has 29 heavy (non-hydrogen) atoms. The lowest BCUT2D eigenvalue weighted by atomic mass is 10.1. The van der Waals surface area contributed by atoms with Gasteiger partial charge in [0, 0.05) is 6.08 Å². The van der Waals surface area contributed by atoms with E-state index in [1.54, 1.807) is 26.2 Å². The van der Waals surface area contributed by atoms with E-state index in [1.807, 2.05) is 60.7 Å². The number of hydrogen-bond acceptors (Lipinski definition) is 4. The first kappa shape index (κ1) is 19.9. The van der Waals surface area contributed by atoms with Gasteiger partial charge < -0.3 is 9.47 Å². The van der Waals surface area contributed by atoms with Crippen molar-refractivity contribution in [1.82, 2.24) is 10.9 Å². The highest BCUT2D eigenvalue weighted by atomic mass is 16.5. The van der Waals surface area contributed by atoms with Crippen LogP contribution in [0.5, 0.6) is 11.5 Å². The summed E-state index contributed by atoms with van der Waals surface area (Å²) >= 11 is 0. The van der Waals surface area contributed by atoms with E-state index in [0.717, 1.165) is 16.3 Å². The Labute approximate surface area is 169 Å². The molecular weight excluding hydrogens is 368 g/mol. The molecule has 148 valence electrons. The van der Waals surface area contributed by atoms with E-state index in [4.69, 9.17) is 9.47 Å². The third kappa shape index (κ3) is 5.59. The van der Waals surface area contributed by atoms with Crippen LogP contribution in [0.2, 0.25) is 0 Å². The second kappa shape index (κ2) is 9.41. The smallest absolute Gasteiger partial charge is 0.279 e. The summed E-state index contributed by atoms with van der Waals surface area (Å²) in [5.41, 5.74) is 5.50. The summed E-state index contributed by atoms with van der Waals surface area (Å²) < 4.78 is 10.8. The number of hydrazine groups is 1. The lowest BCUT2D eigenvalue weighted by molar-refractivity contribution is -0.131. The van der Waals surface area contributed by atoms with Crippen molar-refractivity contribution in [2.24, 2.45) is 0 Å². The molecule has 0 heterocycles. The summed E-state index contributed by atoms with van der Waals surface area (Å²) in [6, 6.07) is 20.8. The molecule has 0 radical (unpaired) electrons. The SMILES string of the molecule is COc1cccc(/C=C/C(=O)NNC(=O)[C@@H](C)Oc2ccc3ccccc3c2)c1. The average Bonchev–Trinajstić information content (AvgIpc) is 2.76. The number of methoxy groups -OCH3 is 1. The topological polar surface area (TPSA) is 76.7 Å². The number of benzene rings is 3.